The van der Waals surface area contributed by atoms with Crippen LogP contribution in [0.4, 0.5) is 17.1 Å². The van der Waals surface area contributed by atoms with E-state index in [-0.39, 0.29) is 12.3 Å². The van der Waals surface area contributed by atoms with Crippen molar-refractivity contribution in [3.8, 4) is 6.07 Å². The van der Waals surface area contributed by atoms with E-state index in [0.29, 0.717) is 11.6 Å². The largest absolute Gasteiger partial charge is 0.481 e. The van der Waals surface area contributed by atoms with Crippen LogP contribution in [-0.2, 0) is 9.53 Å². The van der Waals surface area contributed by atoms with E-state index in [0.717, 1.165) is 67.6 Å². The lowest BCUT2D eigenvalue weighted by molar-refractivity contribution is -0.137. The molecule has 1 aliphatic carbocycles. The van der Waals surface area contributed by atoms with Gasteiger partial charge in [-0.3, -0.25) is 4.79 Å². The van der Waals surface area contributed by atoms with Gasteiger partial charge in [-0.25, -0.2) is 0 Å². The standard InChI is InChI=1S/C27H33N3O3/c1-2-21(16-27(31)32)22-7-10-26(25(15-22)29-23-8-5-19(17-28)6-9-23)30(18-20-3-4-20)24-11-13-33-14-12-24/h5-10,15,20-21,24,29H,2-4,11-14,16,18H2,1H3,(H,31,32). The van der Waals surface area contributed by atoms with Crippen molar-refractivity contribution < 1.29 is 14.6 Å². The molecule has 1 unspecified atom stereocenters. The Morgan fingerprint density at radius 3 is 2.52 bits per heavy atom. The Labute approximate surface area is 196 Å². The van der Waals surface area contributed by atoms with E-state index in [4.69, 9.17) is 10.00 Å². The minimum absolute atomic E-state index is 0.0296. The minimum atomic E-state index is -0.773. The highest BCUT2D eigenvalue weighted by Crippen LogP contribution is 2.39. The number of aliphatic carboxylic acids is 1. The summed E-state index contributed by atoms with van der Waals surface area (Å²) in [6, 6.07) is 16.5. The van der Waals surface area contributed by atoms with Crippen LogP contribution >= 0.6 is 0 Å². The summed E-state index contributed by atoms with van der Waals surface area (Å²) in [5.41, 5.74) is 4.73. The van der Waals surface area contributed by atoms with Crippen LogP contribution in [0.2, 0.25) is 0 Å². The molecule has 6 nitrogen and oxygen atoms in total. The number of ether oxygens (including phenoxy) is 1. The second-order valence-corrected chi connectivity index (χ2v) is 9.23. The molecular weight excluding hydrogens is 414 g/mol. The van der Waals surface area contributed by atoms with Gasteiger partial charge >= 0.3 is 5.97 Å². The molecule has 1 heterocycles. The maximum atomic E-state index is 11.4. The van der Waals surface area contributed by atoms with Crippen molar-refractivity contribution in [2.24, 2.45) is 5.92 Å². The normalized spacial score (nSPS) is 17.2. The van der Waals surface area contributed by atoms with Crippen LogP contribution in [-0.4, -0.2) is 36.9 Å². The van der Waals surface area contributed by atoms with Gasteiger partial charge in [0.05, 0.1) is 29.4 Å². The third-order valence-electron chi connectivity index (χ3n) is 6.79. The number of hydrogen-bond donors (Lipinski definition) is 2. The molecule has 1 saturated heterocycles. The van der Waals surface area contributed by atoms with Crippen LogP contribution in [0, 0.1) is 17.2 Å². The molecule has 0 bridgehead atoms. The number of carboxylic acids is 1. The van der Waals surface area contributed by atoms with Crippen LogP contribution in [0.15, 0.2) is 42.5 Å². The van der Waals surface area contributed by atoms with Crippen LogP contribution < -0.4 is 10.2 Å². The van der Waals surface area contributed by atoms with Gasteiger partial charge in [0, 0.05) is 31.5 Å². The molecule has 4 rings (SSSR count). The highest BCUT2D eigenvalue weighted by atomic mass is 16.5. The van der Waals surface area contributed by atoms with Gasteiger partial charge in [0.25, 0.3) is 0 Å². The van der Waals surface area contributed by atoms with Gasteiger partial charge < -0.3 is 20.1 Å². The predicted octanol–water partition coefficient (Wildman–Crippen LogP) is 5.67. The van der Waals surface area contributed by atoms with Crippen molar-refractivity contribution in [1.82, 2.24) is 0 Å². The molecule has 1 saturated carbocycles. The van der Waals surface area contributed by atoms with Gasteiger partial charge in [-0.2, -0.15) is 5.26 Å². The molecule has 0 aromatic heterocycles. The first kappa shape index (κ1) is 23.1. The summed E-state index contributed by atoms with van der Waals surface area (Å²) in [6.45, 7) is 4.66. The smallest absolute Gasteiger partial charge is 0.303 e. The van der Waals surface area contributed by atoms with Crippen LogP contribution in [0.5, 0.6) is 0 Å². The summed E-state index contributed by atoms with van der Waals surface area (Å²) in [5.74, 6) is -0.0613. The molecule has 2 N–H and O–H groups in total. The fourth-order valence-corrected chi connectivity index (χ4v) is 4.67. The van der Waals surface area contributed by atoms with Gasteiger partial charge in [0.1, 0.15) is 0 Å². The zero-order valence-corrected chi connectivity index (χ0v) is 19.3. The zero-order valence-electron chi connectivity index (χ0n) is 19.3. The second kappa shape index (κ2) is 10.7. The van der Waals surface area contributed by atoms with Crippen molar-refractivity contribution in [3.05, 3.63) is 53.6 Å². The molecule has 2 aromatic rings. The molecule has 0 radical (unpaired) electrons. The Balaban J connectivity index is 1.71. The fourth-order valence-electron chi connectivity index (χ4n) is 4.67. The fraction of sp³-hybridized carbons (Fsp3) is 0.481. The number of benzene rings is 2. The highest BCUT2D eigenvalue weighted by molar-refractivity contribution is 5.77. The van der Waals surface area contributed by atoms with Gasteiger partial charge in [0.15, 0.2) is 0 Å². The number of nitriles is 1. The number of carbonyl (C=O) groups is 1. The SMILES string of the molecule is CCC(CC(=O)O)c1ccc(N(CC2CC2)C2CCOCC2)c(Nc2ccc(C#N)cc2)c1. The number of hydrogen-bond acceptors (Lipinski definition) is 5. The molecular formula is C27H33N3O3. The molecule has 6 heteroatoms. The first-order valence-electron chi connectivity index (χ1n) is 12.0. The average Bonchev–Trinajstić information content (AvgIpc) is 3.66. The van der Waals surface area contributed by atoms with Crippen molar-refractivity contribution in [3.63, 3.8) is 0 Å². The van der Waals surface area contributed by atoms with E-state index < -0.39 is 5.97 Å². The summed E-state index contributed by atoms with van der Waals surface area (Å²) in [7, 11) is 0. The monoisotopic (exact) mass is 447 g/mol. The van der Waals surface area contributed by atoms with E-state index in [1.807, 2.05) is 31.2 Å². The quantitative estimate of drug-likeness (QED) is 0.488. The maximum Gasteiger partial charge on any atom is 0.303 e. The van der Waals surface area contributed by atoms with Crippen molar-refractivity contribution in [2.75, 3.05) is 30.0 Å². The summed E-state index contributed by atoms with van der Waals surface area (Å²) >= 11 is 0. The Morgan fingerprint density at radius 1 is 1.18 bits per heavy atom. The van der Waals surface area contributed by atoms with Gasteiger partial charge in [-0.1, -0.05) is 13.0 Å². The summed E-state index contributed by atoms with van der Waals surface area (Å²) in [6.07, 6.45) is 5.49. The third kappa shape index (κ3) is 6.06. The predicted molar refractivity (Wildman–Crippen MR) is 130 cm³/mol. The number of nitrogens with zero attached hydrogens (tertiary/aromatic N) is 2. The molecule has 0 spiro atoms. The molecule has 0 amide bonds. The van der Waals surface area contributed by atoms with Gasteiger partial charge in [-0.05, 0) is 85.9 Å². The summed E-state index contributed by atoms with van der Waals surface area (Å²) in [5, 5.41) is 22.1. The lowest BCUT2D eigenvalue weighted by Gasteiger charge is -2.38. The molecule has 2 fully saturated rings. The Hall–Kier alpha value is -3.04. The minimum Gasteiger partial charge on any atom is -0.481 e. The lowest BCUT2D eigenvalue weighted by atomic mass is 9.92. The third-order valence-corrected chi connectivity index (χ3v) is 6.79. The molecule has 1 atom stereocenters. The maximum absolute atomic E-state index is 11.4. The number of rotatable bonds is 10. The second-order valence-electron chi connectivity index (χ2n) is 9.23. The van der Waals surface area contributed by atoms with Crippen LogP contribution in [0.1, 0.15) is 62.5 Å². The van der Waals surface area contributed by atoms with Gasteiger partial charge in [0.2, 0.25) is 0 Å². The van der Waals surface area contributed by atoms with E-state index >= 15 is 0 Å². The Bertz CT molecular complexity index is 989. The highest BCUT2D eigenvalue weighted by Gasteiger charge is 2.31. The van der Waals surface area contributed by atoms with E-state index in [9.17, 15) is 9.90 Å². The van der Waals surface area contributed by atoms with Crippen LogP contribution in [0.25, 0.3) is 0 Å². The van der Waals surface area contributed by atoms with Gasteiger partial charge in [-0.15, -0.1) is 0 Å². The summed E-state index contributed by atoms with van der Waals surface area (Å²) in [4.78, 5) is 14.0. The number of carboxylic acid groups (broad SMARTS) is 1. The first-order valence-corrected chi connectivity index (χ1v) is 12.0. The molecule has 1 aliphatic heterocycles. The average molecular weight is 448 g/mol. The Morgan fingerprint density at radius 2 is 1.91 bits per heavy atom. The number of anilines is 3. The van der Waals surface area contributed by atoms with Crippen molar-refractivity contribution in [1.29, 1.82) is 5.26 Å². The van der Waals surface area contributed by atoms with Crippen molar-refractivity contribution in [2.45, 2.75) is 57.4 Å². The van der Waals surface area contributed by atoms with E-state index in [1.165, 1.54) is 12.8 Å². The summed E-state index contributed by atoms with van der Waals surface area (Å²) < 4.78 is 5.63. The Kier molecular flexibility index (Phi) is 7.51. The van der Waals surface area contributed by atoms with E-state index in [2.05, 4.69) is 34.5 Å². The van der Waals surface area contributed by atoms with Crippen molar-refractivity contribution >= 4 is 23.0 Å². The molecule has 174 valence electrons. The lowest BCUT2D eigenvalue weighted by Crippen LogP contribution is -2.41. The topological polar surface area (TPSA) is 85.6 Å². The van der Waals surface area contributed by atoms with E-state index in [1.54, 1.807) is 0 Å². The molecule has 33 heavy (non-hydrogen) atoms. The number of nitrogens with one attached hydrogen (secondary N) is 1. The first-order chi connectivity index (χ1) is 16.1. The zero-order chi connectivity index (χ0) is 23.2. The molecule has 2 aromatic carbocycles. The van der Waals surface area contributed by atoms with Crippen LogP contribution in [0.3, 0.4) is 0 Å². The molecule has 2 aliphatic rings.